The van der Waals surface area contributed by atoms with Crippen LogP contribution in [0.5, 0.6) is 0 Å². The fourth-order valence-electron chi connectivity index (χ4n) is 2.10. The number of nitrogens with zero attached hydrogens (tertiary/aromatic N) is 2. The Bertz CT molecular complexity index is 335. The summed E-state index contributed by atoms with van der Waals surface area (Å²) < 4.78 is 0. The van der Waals surface area contributed by atoms with E-state index < -0.39 is 0 Å². The molecule has 0 bridgehead atoms. The van der Waals surface area contributed by atoms with Crippen LogP contribution < -0.4 is 15.5 Å². The topological polar surface area (TPSA) is 32.5 Å². The first-order valence-electron chi connectivity index (χ1n) is 5.49. The van der Waals surface area contributed by atoms with Crippen molar-refractivity contribution >= 4 is 11.4 Å². The Morgan fingerprint density at radius 2 is 1.93 bits per heavy atom. The van der Waals surface area contributed by atoms with E-state index in [2.05, 4.69) is 48.0 Å². The zero-order valence-electron chi connectivity index (χ0n) is 9.48. The predicted molar refractivity (Wildman–Crippen MR) is 65.6 cm³/mol. The summed E-state index contributed by atoms with van der Waals surface area (Å²) in [6.45, 7) is 5.13. The van der Waals surface area contributed by atoms with E-state index in [0.717, 1.165) is 19.6 Å². The minimum absolute atomic E-state index is 0.224. The van der Waals surface area contributed by atoms with Crippen LogP contribution in [0.15, 0.2) is 24.3 Å². The van der Waals surface area contributed by atoms with Crippen molar-refractivity contribution in [2.45, 2.75) is 13.0 Å². The third kappa shape index (κ3) is 2.07. The highest BCUT2D eigenvalue weighted by molar-refractivity contribution is 5.73. The van der Waals surface area contributed by atoms with Crippen LogP contribution in [-0.4, -0.2) is 32.7 Å². The average Bonchev–Trinajstić information content (AvgIpc) is 2.22. The van der Waals surface area contributed by atoms with E-state index in [1.54, 1.807) is 0 Å². The largest absolute Gasteiger partial charge is 0.371 e. The maximum Gasteiger partial charge on any atom is 0.0605 e. The third-order valence-corrected chi connectivity index (χ3v) is 2.85. The SMILES string of the molecule is CC(N)CN1CCN(C)c2ccccc21. The number of fused-ring (bicyclic) bond motifs is 1. The smallest absolute Gasteiger partial charge is 0.0605 e. The number of likely N-dealkylation sites (N-methyl/N-ethyl adjacent to an activating group) is 1. The molecule has 82 valence electrons. The molecule has 0 aliphatic carbocycles. The van der Waals surface area contributed by atoms with E-state index in [-0.39, 0.29) is 6.04 Å². The van der Waals surface area contributed by atoms with Crippen molar-refractivity contribution < 1.29 is 0 Å². The molecule has 0 saturated heterocycles. The Morgan fingerprint density at radius 1 is 1.27 bits per heavy atom. The van der Waals surface area contributed by atoms with Crippen molar-refractivity contribution in [3.63, 3.8) is 0 Å². The lowest BCUT2D eigenvalue weighted by atomic mass is 10.1. The summed E-state index contributed by atoms with van der Waals surface area (Å²) >= 11 is 0. The van der Waals surface area contributed by atoms with Crippen molar-refractivity contribution in [3.05, 3.63) is 24.3 Å². The van der Waals surface area contributed by atoms with Crippen LogP contribution in [0.4, 0.5) is 11.4 Å². The second-order valence-corrected chi connectivity index (χ2v) is 4.33. The molecule has 3 nitrogen and oxygen atoms in total. The monoisotopic (exact) mass is 205 g/mol. The second-order valence-electron chi connectivity index (χ2n) is 4.33. The molecule has 1 heterocycles. The Balaban J connectivity index is 2.28. The van der Waals surface area contributed by atoms with Gasteiger partial charge in [0.1, 0.15) is 0 Å². The average molecular weight is 205 g/mol. The number of para-hydroxylation sites is 2. The molecule has 1 unspecified atom stereocenters. The number of hydrogen-bond donors (Lipinski definition) is 1. The van der Waals surface area contributed by atoms with E-state index in [9.17, 15) is 0 Å². The van der Waals surface area contributed by atoms with Gasteiger partial charge in [0, 0.05) is 32.7 Å². The Labute approximate surface area is 91.5 Å². The van der Waals surface area contributed by atoms with Crippen LogP contribution in [0.2, 0.25) is 0 Å². The summed E-state index contributed by atoms with van der Waals surface area (Å²) in [4.78, 5) is 4.67. The van der Waals surface area contributed by atoms with Crippen LogP contribution in [0.1, 0.15) is 6.92 Å². The maximum absolute atomic E-state index is 5.86. The number of hydrogen-bond acceptors (Lipinski definition) is 3. The number of anilines is 2. The summed E-state index contributed by atoms with van der Waals surface area (Å²) in [5, 5.41) is 0. The van der Waals surface area contributed by atoms with E-state index in [0.29, 0.717) is 0 Å². The Morgan fingerprint density at radius 3 is 2.60 bits per heavy atom. The van der Waals surface area contributed by atoms with Gasteiger partial charge in [-0.15, -0.1) is 0 Å². The predicted octanol–water partition coefficient (Wildman–Crippen LogP) is 1.29. The molecule has 15 heavy (non-hydrogen) atoms. The fraction of sp³-hybridized carbons (Fsp3) is 0.500. The highest BCUT2D eigenvalue weighted by atomic mass is 15.3. The van der Waals surface area contributed by atoms with E-state index in [1.165, 1.54) is 11.4 Å². The molecule has 0 spiro atoms. The first-order chi connectivity index (χ1) is 7.18. The van der Waals surface area contributed by atoms with Crippen LogP contribution in [-0.2, 0) is 0 Å². The Hall–Kier alpha value is -1.22. The minimum Gasteiger partial charge on any atom is -0.371 e. The molecule has 0 radical (unpaired) electrons. The van der Waals surface area contributed by atoms with Crippen molar-refractivity contribution in [1.29, 1.82) is 0 Å². The summed E-state index contributed by atoms with van der Waals surface area (Å²) in [7, 11) is 2.14. The zero-order valence-corrected chi connectivity index (χ0v) is 9.48. The molecular weight excluding hydrogens is 186 g/mol. The Kier molecular flexibility index (Phi) is 2.82. The molecule has 1 aliphatic rings. The second kappa shape index (κ2) is 4.11. The van der Waals surface area contributed by atoms with Crippen molar-refractivity contribution in [3.8, 4) is 0 Å². The summed E-state index contributed by atoms with van der Waals surface area (Å²) in [6, 6.07) is 8.74. The van der Waals surface area contributed by atoms with Gasteiger partial charge in [-0.2, -0.15) is 0 Å². The highest BCUT2D eigenvalue weighted by Gasteiger charge is 2.19. The molecule has 1 aromatic rings. The lowest BCUT2D eigenvalue weighted by Gasteiger charge is -2.37. The normalized spacial score (nSPS) is 17.5. The van der Waals surface area contributed by atoms with E-state index in [1.807, 2.05) is 0 Å². The molecule has 2 N–H and O–H groups in total. The molecule has 1 aliphatic heterocycles. The van der Waals surface area contributed by atoms with E-state index in [4.69, 9.17) is 5.73 Å². The lowest BCUT2D eigenvalue weighted by Crippen LogP contribution is -2.44. The van der Waals surface area contributed by atoms with Gasteiger partial charge in [-0.25, -0.2) is 0 Å². The van der Waals surface area contributed by atoms with Gasteiger partial charge in [0.15, 0.2) is 0 Å². The molecular formula is C12H19N3. The molecule has 0 amide bonds. The molecule has 0 fully saturated rings. The molecule has 1 aromatic carbocycles. The van der Waals surface area contributed by atoms with Gasteiger partial charge in [-0.05, 0) is 19.1 Å². The van der Waals surface area contributed by atoms with Crippen molar-refractivity contribution in [2.24, 2.45) is 5.73 Å². The van der Waals surface area contributed by atoms with Gasteiger partial charge in [-0.3, -0.25) is 0 Å². The fourth-order valence-corrected chi connectivity index (χ4v) is 2.10. The van der Waals surface area contributed by atoms with Crippen LogP contribution in [0.25, 0.3) is 0 Å². The van der Waals surface area contributed by atoms with Gasteiger partial charge in [0.05, 0.1) is 11.4 Å². The highest BCUT2D eigenvalue weighted by Crippen LogP contribution is 2.31. The van der Waals surface area contributed by atoms with Crippen LogP contribution in [0, 0.1) is 0 Å². The molecule has 0 saturated carbocycles. The molecule has 3 heteroatoms. The number of benzene rings is 1. The van der Waals surface area contributed by atoms with Crippen LogP contribution >= 0.6 is 0 Å². The summed E-state index contributed by atoms with van der Waals surface area (Å²) in [5.74, 6) is 0. The molecule has 2 rings (SSSR count). The van der Waals surface area contributed by atoms with E-state index >= 15 is 0 Å². The maximum atomic E-state index is 5.86. The first kappa shape index (κ1) is 10.3. The molecule has 0 aromatic heterocycles. The van der Waals surface area contributed by atoms with Crippen LogP contribution in [0.3, 0.4) is 0 Å². The number of nitrogens with two attached hydrogens (primary N) is 1. The van der Waals surface area contributed by atoms with Gasteiger partial charge in [0.25, 0.3) is 0 Å². The van der Waals surface area contributed by atoms with Crippen molar-refractivity contribution in [1.82, 2.24) is 0 Å². The summed E-state index contributed by atoms with van der Waals surface area (Å²) in [5.41, 5.74) is 8.48. The lowest BCUT2D eigenvalue weighted by molar-refractivity contribution is 0.657. The van der Waals surface area contributed by atoms with Gasteiger partial charge in [0.2, 0.25) is 0 Å². The minimum atomic E-state index is 0.224. The number of rotatable bonds is 2. The third-order valence-electron chi connectivity index (χ3n) is 2.85. The first-order valence-corrected chi connectivity index (χ1v) is 5.49. The summed E-state index contributed by atoms with van der Waals surface area (Å²) in [6.07, 6.45) is 0. The quantitative estimate of drug-likeness (QED) is 0.789. The zero-order chi connectivity index (χ0) is 10.8. The van der Waals surface area contributed by atoms with Crippen molar-refractivity contribution in [2.75, 3.05) is 36.5 Å². The van der Waals surface area contributed by atoms with Gasteiger partial charge >= 0.3 is 0 Å². The van der Waals surface area contributed by atoms with Gasteiger partial charge in [-0.1, -0.05) is 12.1 Å². The standard InChI is InChI=1S/C12H19N3/c1-10(13)9-15-8-7-14(2)11-5-3-4-6-12(11)15/h3-6,10H,7-9,13H2,1-2H3. The molecule has 1 atom stereocenters. The van der Waals surface area contributed by atoms with Gasteiger partial charge < -0.3 is 15.5 Å².